The van der Waals surface area contributed by atoms with Crippen molar-refractivity contribution in [2.75, 3.05) is 17.6 Å². The number of aromatic nitrogens is 2. The summed E-state index contributed by atoms with van der Waals surface area (Å²) in [4.78, 5) is 8.59. The van der Waals surface area contributed by atoms with Crippen LogP contribution in [0.1, 0.15) is 19.3 Å². The Morgan fingerprint density at radius 3 is 2.78 bits per heavy atom. The van der Waals surface area contributed by atoms with E-state index in [-0.39, 0.29) is 0 Å². The summed E-state index contributed by atoms with van der Waals surface area (Å²) in [5.74, 6) is 0.940. The molecule has 1 aromatic heterocycles. The first kappa shape index (κ1) is 11.2. The Kier molecular flexibility index (Phi) is 2.56. The van der Waals surface area contributed by atoms with Gasteiger partial charge in [0.05, 0.1) is 11.1 Å². The lowest BCUT2D eigenvalue weighted by molar-refractivity contribution is -0.0203. The molecule has 1 saturated carbocycles. The van der Waals surface area contributed by atoms with Crippen molar-refractivity contribution in [3.8, 4) is 0 Å². The first-order valence-corrected chi connectivity index (χ1v) is 6.15. The standard InChI is InChI=1S/C13H16N4O/c14-11-9-4-1-2-5-10(9)16-12(17-11)15-8-13(18)6-3-7-13/h1-2,4-5,18H,3,6-8H2,(H3,14,15,16,17). The first-order valence-electron chi connectivity index (χ1n) is 6.15. The molecule has 1 heterocycles. The molecule has 94 valence electrons. The number of nitrogen functional groups attached to an aromatic ring is 1. The summed E-state index contributed by atoms with van der Waals surface area (Å²) in [7, 11) is 0. The molecule has 0 atom stereocenters. The van der Waals surface area contributed by atoms with Gasteiger partial charge in [-0.3, -0.25) is 0 Å². The van der Waals surface area contributed by atoms with Crippen LogP contribution in [0.15, 0.2) is 24.3 Å². The van der Waals surface area contributed by atoms with Crippen LogP contribution in [0.5, 0.6) is 0 Å². The third kappa shape index (κ3) is 1.97. The van der Waals surface area contributed by atoms with Gasteiger partial charge in [-0.15, -0.1) is 0 Å². The van der Waals surface area contributed by atoms with Crippen LogP contribution in [0.25, 0.3) is 10.9 Å². The van der Waals surface area contributed by atoms with Gasteiger partial charge in [-0.2, -0.15) is 4.98 Å². The number of nitrogens with one attached hydrogen (secondary N) is 1. The lowest BCUT2D eigenvalue weighted by Gasteiger charge is -2.36. The maximum atomic E-state index is 10.0. The van der Waals surface area contributed by atoms with E-state index >= 15 is 0 Å². The number of nitrogens with zero attached hydrogens (tertiary/aromatic N) is 2. The number of nitrogens with two attached hydrogens (primary N) is 1. The Labute approximate surface area is 105 Å². The number of para-hydroxylation sites is 1. The lowest BCUT2D eigenvalue weighted by atomic mass is 9.80. The molecule has 1 aliphatic carbocycles. The van der Waals surface area contributed by atoms with E-state index in [1.807, 2.05) is 24.3 Å². The lowest BCUT2D eigenvalue weighted by Crippen LogP contribution is -2.43. The SMILES string of the molecule is Nc1nc(NCC2(O)CCC2)nc2ccccc12. The molecule has 0 unspecified atom stereocenters. The van der Waals surface area contributed by atoms with Crippen LogP contribution in [-0.2, 0) is 0 Å². The summed E-state index contributed by atoms with van der Waals surface area (Å²) in [5.41, 5.74) is 6.11. The normalized spacial score (nSPS) is 17.4. The fourth-order valence-corrected chi connectivity index (χ4v) is 2.19. The zero-order valence-electron chi connectivity index (χ0n) is 10.1. The van der Waals surface area contributed by atoms with Gasteiger partial charge < -0.3 is 16.2 Å². The molecule has 5 nitrogen and oxygen atoms in total. The number of fused-ring (bicyclic) bond motifs is 1. The maximum Gasteiger partial charge on any atom is 0.225 e. The molecule has 2 aromatic rings. The smallest absolute Gasteiger partial charge is 0.225 e. The van der Waals surface area contributed by atoms with Gasteiger partial charge in [0.2, 0.25) is 5.95 Å². The quantitative estimate of drug-likeness (QED) is 0.762. The second-order valence-electron chi connectivity index (χ2n) is 4.88. The Bertz CT molecular complexity index is 580. The number of hydrogen-bond donors (Lipinski definition) is 3. The average molecular weight is 244 g/mol. The first-order chi connectivity index (χ1) is 8.66. The predicted molar refractivity (Wildman–Crippen MR) is 71.2 cm³/mol. The second-order valence-corrected chi connectivity index (χ2v) is 4.88. The summed E-state index contributed by atoms with van der Waals surface area (Å²) in [6.07, 6.45) is 2.75. The van der Waals surface area contributed by atoms with Crippen molar-refractivity contribution in [2.24, 2.45) is 0 Å². The van der Waals surface area contributed by atoms with Crippen molar-refractivity contribution < 1.29 is 5.11 Å². The molecule has 1 fully saturated rings. The number of anilines is 2. The van der Waals surface area contributed by atoms with Crippen molar-refractivity contribution in [2.45, 2.75) is 24.9 Å². The molecule has 0 aliphatic heterocycles. The Morgan fingerprint density at radius 2 is 2.06 bits per heavy atom. The van der Waals surface area contributed by atoms with E-state index in [4.69, 9.17) is 5.73 Å². The largest absolute Gasteiger partial charge is 0.388 e. The third-order valence-corrected chi connectivity index (χ3v) is 3.49. The van der Waals surface area contributed by atoms with E-state index in [1.165, 1.54) is 0 Å². The van der Waals surface area contributed by atoms with Gasteiger partial charge in [-0.1, -0.05) is 12.1 Å². The molecule has 0 saturated heterocycles. The molecule has 0 radical (unpaired) electrons. The molecule has 1 aliphatic rings. The van der Waals surface area contributed by atoms with Gasteiger partial charge in [-0.05, 0) is 31.4 Å². The molecule has 0 bridgehead atoms. The Balaban J connectivity index is 1.84. The molecular weight excluding hydrogens is 228 g/mol. The van der Waals surface area contributed by atoms with E-state index in [1.54, 1.807) is 0 Å². The molecule has 5 heteroatoms. The van der Waals surface area contributed by atoms with E-state index in [0.29, 0.717) is 18.3 Å². The molecule has 0 spiro atoms. The summed E-state index contributed by atoms with van der Waals surface area (Å²) in [6.45, 7) is 0.477. The minimum Gasteiger partial charge on any atom is -0.388 e. The highest BCUT2D eigenvalue weighted by molar-refractivity contribution is 5.88. The summed E-state index contributed by atoms with van der Waals surface area (Å²) < 4.78 is 0. The number of benzene rings is 1. The van der Waals surface area contributed by atoms with Crippen LogP contribution in [0, 0.1) is 0 Å². The van der Waals surface area contributed by atoms with E-state index in [2.05, 4.69) is 15.3 Å². The zero-order valence-corrected chi connectivity index (χ0v) is 10.1. The molecular formula is C13H16N4O. The topological polar surface area (TPSA) is 84.1 Å². The highest BCUT2D eigenvalue weighted by atomic mass is 16.3. The number of hydrogen-bond acceptors (Lipinski definition) is 5. The van der Waals surface area contributed by atoms with Crippen LogP contribution < -0.4 is 11.1 Å². The molecule has 1 aromatic carbocycles. The molecule has 0 amide bonds. The van der Waals surface area contributed by atoms with Gasteiger partial charge in [0.1, 0.15) is 5.82 Å². The van der Waals surface area contributed by atoms with Crippen molar-refractivity contribution in [3.05, 3.63) is 24.3 Å². The van der Waals surface area contributed by atoms with Crippen LogP contribution in [-0.4, -0.2) is 27.2 Å². The molecule has 4 N–H and O–H groups in total. The average Bonchev–Trinajstić information content (AvgIpc) is 2.34. The van der Waals surface area contributed by atoms with Crippen molar-refractivity contribution >= 4 is 22.7 Å². The monoisotopic (exact) mass is 244 g/mol. The van der Waals surface area contributed by atoms with Gasteiger partial charge in [0.15, 0.2) is 0 Å². The van der Waals surface area contributed by atoms with Crippen molar-refractivity contribution in [1.82, 2.24) is 9.97 Å². The highest BCUT2D eigenvalue weighted by Crippen LogP contribution is 2.31. The fourth-order valence-electron chi connectivity index (χ4n) is 2.19. The predicted octanol–water partition coefficient (Wildman–Crippen LogP) is 1.54. The van der Waals surface area contributed by atoms with Crippen LogP contribution in [0.3, 0.4) is 0 Å². The van der Waals surface area contributed by atoms with Gasteiger partial charge in [-0.25, -0.2) is 4.98 Å². The van der Waals surface area contributed by atoms with E-state index in [0.717, 1.165) is 30.2 Å². The van der Waals surface area contributed by atoms with Gasteiger partial charge in [0.25, 0.3) is 0 Å². The Hall–Kier alpha value is -1.88. The fraction of sp³-hybridized carbons (Fsp3) is 0.385. The minimum atomic E-state index is -0.593. The van der Waals surface area contributed by atoms with E-state index < -0.39 is 5.60 Å². The minimum absolute atomic E-state index is 0.462. The van der Waals surface area contributed by atoms with Crippen molar-refractivity contribution in [3.63, 3.8) is 0 Å². The second kappa shape index (κ2) is 4.10. The summed E-state index contributed by atoms with van der Waals surface area (Å²) in [6, 6.07) is 7.62. The van der Waals surface area contributed by atoms with Gasteiger partial charge >= 0.3 is 0 Å². The summed E-state index contributed by atoms with van der Waals surface area (Å²) >= 11 is 0. The highest BCUT2D eigenvalue weighted by Gasteiger charge is 2.34. The Morgan fingerprint density at radius 1 is 1.28 bits per heavy atom. The number of rotatable bonds is 3. The molecule has 3 rings (SSSR count). The maximum absolute atomic E-state index is 10.0. The third-order valence-electron chi connectivity index (χ3n) is 3.49. The molecule has 18 heavy (non-hydrogen) atoms. The van der Waals surface area contributed by atoms with Crippen molar-refractivity contribution in [1.29, 1.82) is 0 Å². The number of aliphatic hydroxyl groups is 1. The summed E-state index contributed by atoms with van der Waals surface area (Å²) in [5, 5.41) is 13.9. The van der Waals surface area contributed by atoms with Gasteiger partial charge in [0, 0.05) is 11.9 Å². The zero-order chi connectivity index (χ0) is 12.6. The van der Waals surface area contributed by atoms with Crippen LogP contribution in [0.2, 0.25) is 0 Å². The van der Waals surface area contributed by atoms with Crippen LogP contribution >= 0.6 is 0 Å². The van der Waals surface area contributed by atoms with E-state index in [9.17, 15) is 5.11 Å². The van der Waals surface area contributed by atoms with Crippen LogP contribution in [0.4, 0.5) is 11.8 Å².